The second-order valence-corrected chi connectivity index (χ2v) is 7.29. The van der Waals surface area contributed by atoms with E-state index in [2.05, 4.69) is 0 Å². The first-order valence-electron chi connectivity index (χ1n) is 10.2. The Hall–Kier alpha value is -2.97. The van der Waals surface area contributed by atoms with Gasteiger partial charge in [0.05, 0.1) is 24.2 Å². The number of esters is 1. The number of aldehydes is 1. The van der Waals surface area contributed by atoms with Crippen LogP contribution in [0.25, 0.3) is 0 Å². The number of amides is 1. The summed E-state index contributed by atoms with van der Waals surface area (Å²) in [5.74, 6) is -0.115. The van der Waals surface area contributed by atoms with Gasteiger partial charge in [-0.3, -0.25) is 24.5 Å². The number of methoxy groups -OCH3 is 1. The van der Waals surface area contributed by atoms with Crippen molar-refractivity contribution in [2.24, 2.45) is 0 Å². The summed E-state index contributed by atoms with van der Waals surface area (Å²) in [6, 6.07) is 4.09. The molecule has 0 aromatic heterocycles. The largest absolute Gasteiger partial charge is 0.494 e. The van der Waals surface area contributed by atoms with E-state index in [4.69, 9.17) is 9.47 Å². The van der Waals surface area contributed by atoms with Crippen LogP contribution in [0.1, 0.15) is 61.7 Å². The topological polar surface area (TPSA) is 116 Å². The Balaban J connectivity index is 1.81. The molecule has 0 N–H and O–H groups in total. The fourth-order valence-electron chi connectivity index (χ4n) is 3.61. The van der Waals surface area contributed by atoms with Crippen molar-refractivity contribution in [3.05, 3.63) is 33.9 Å². The summed E-state index contributed by atoms with van der Waals surface area (Å²) in [5.41, 5.74) is -0.310. The summed E-state index contributed by atoms with van der Waals surface area (Å²) in [6.07, 6.45) is 6.98. The summed E-state index contributed by atoms with van der Waals surface area (Å²) < 4.78 is 10.3. The summed E-state index contributed by atoms with van der Waals surface area (Å²) in [5, 5.41) is 10.9. The van der Waals surface area contributed by atoms with Crippen LogP contribution in [0.4, 0.5) is 5.69 Å². The van der Waals surface area contributed by atoms with Crippen LogP contribution in [0, 0.1) is 10.1 Å². The molecule has 30 heavy (non-hydrogen) atoms. The molecule has 0 unspecified atom stereocenters. The predicted octanol–water partition coefficient (Wildman–Crippen LogP) is 3.29. The lowest BCUT2D eigenvalue weighted by molar-refractivity contribution is -0.385. The van der Waals surface area contributed by atoms with Crippen LogP contribution in [-0.2, 0) is 14.3 Å². The monoisotopic (exact) mass is 420 g/mol. The van der Waals surface area contributed by atoms with Crippen LogP contribution in [-0.4, -0.2) is 54.3 Å². The van der Waals surface area contributed by atoms with Gasteiger partial charge in [0, 0.05) is 18.5 Å². The molecule has 0 aliphatic heterocycles. The number of hydrogen-bond acceptors (Lipinski definition) is 7. The van der Waals surface area contributed by atoms with Crippen molar-refractivity contribution in [3.8, 4) is 5.75 Å². The van der Waals surface area contributed by atoms with Crippen molar-refractivity contribution in [2.45, 2.75) is 57.4 Å². The molecule has 1 aliphatic rings. The molecule has 0 bridgehead atoms. The molecule has 1 aliphatic carbocycles. The summed E-state index contributed by atoms with van der Waals surface area (Å²) >= 11 is 0. The summed E-state index contributed by atoms with van der Waals surface area (Å²) in [4.78, 5) is 47.3. The van der Waals surface area contributed by atoms with E-state index >= 15 is 0 Å². The van der Waals surface area contributed by atoms with Gasteiger partial charge in [-0.2, -0.15) is 0 Å². The van der Waals surface area contributed by atoms with Gasteiger partial charge in [-0.05, 0) is 37.8 Å². The molecule has 1 aromatic rings. The molecule has 0 radical (unpaired) electrons. The third kappa shape index (κ3) is 6.82. The first-order valence-corrected chi connectivity index (χ1v) is 10.2. The van der Waals surface area contributed by atoms with Crippen LogP contribution in [0.2, 0.25) is 0 Å². The highest BCUT2D eigenvalue weighted by molar-refractivity contribution is 5.82. The molecule has 0 atom stereocenters. The van der Waals surface area contributed by atoms with Gasteiger partial charge < -0.3 is 14.4 Å². The Labute approximate surface area is 175 Å². The molecule has 0 heterocycles. The van der Waals surface area contributed by atoms with Gasteiger partial charge in [0.2, 0.25) is 5.91 Å². The molecule has 1 aromatic carbocycles. The zero-order valence-electron chi connectivity index (χ0n) is 17.2. The van der Waals surface area contributed by atoms with Crippen molar-refractivity contribution in [1.82, 2.24) is 4.90 Å². The molecule has 1 amide bonds. The van der Waals surface area contributed by atoms with Crippen LogP contribution in [0.3, 0.4) is 0 Å². The van der Waals surface area contributed by atoms with E-state index < -0.39 is 10.9 Å². The standard InChI is InChI=1S/C21H28N2O7/c1-29-21(26)14-22(17-7-3-2-4-8-17)20(25)9-5-6-12-30-18-10-11-19(23(27)28)16(13-18)15-24/h10-11,13,15,17H,2-9,12,14H2,1H3. The van der Waals surface area contributed by atoms with Crippen molar-refractivity contribution >= 4 is 23.9 Å². The first kappa shape index (κ1) is 23.3. The number of carbonyl (C=O) groups is 3. The molecule has 1 fully saturated rings. The molecule has 9 heteroatoms. The second-order valence-electron chi connectivity index (χ2n) is 7.29. The number of nitro benzene ring substituents is 1. The highest BCUT2D eigenvalue weighted by Crippen LogP contribution is 2.24. The zero-order chi connectivity index (χ0) is 21.9. The third-order valence-corrected chi connectivity index (χ3v) is 5.24. The molecule has 9 nitrogen and oxygen atoms in total. The Kier molecular flexibility index (Phi) is 9.24. The second kappa shape index (κ2) is 11.9. The van der Waals surface area contributed by atoms with E-state index in [0.717, 1.165) is 32.1 Å². The molecular weight excluding hydrogens is 392 g/mol. The van der Waals surface area contributed by atoms with E-state index in [1.165, 1.54) is 25.3 Å². The number of nitrogens with zero attached hydrogens (tertiary/aromatic N) is 2. The van der Waals surface area contributed by atoms with Crippen molar-refractivity contribution in [1.29, 1.82) is 0 Å². The molecule has 1 saturated carbocycles. The van der Waals surface area contributed by atoms with Crippen molar-refractivity contribution in [3.63, 3.8) is 0 Å². The molecule has 0 saturated heterocycles. The molecule has 0 spiro atoms. The van der Waals surface area contributed by atoms with Gasteiger partial charge >= 0.3 is 5.97 Å². The van der Waals surface area contributed by atoms with E-state index in [0.29, 0.717) is 37.9 Å². The average molecular weight is 420 g/mol. The molecule has 164 valence electrons. The summed E-state index contributed by atoms with van der Waals surface area (Å²) in [6.45, 7) is 0.289. The van der Waals surface area contributed by atoms with E-state index in [-0.39, 0.29) is 29.7 Å². The van der Waals surface area contributed by atoms with Crippen molar-refractivity contribution in [2.75, 3.05) is 20.3 Å². The zero-order valence-corrected chi connectivity index (χ0v) is 17.2. The highest BCUT2D eigenvalue weighted by atomic mass is 16.6. The predicted molar refractivity (Wildman–Crippen MR) is 108 cm³/mol. The average Bonchev–Trinajstić information content (AvgIpc) is 2.77. The Morgan fingerprint density at radius 1 is 1.23 bits per heavy atom. The third-order valence-electron chi connectivity index (χ3n) is 5.24. The van der Waals surface area contributed by atoms with Gasteiger partial charge in [0.1, 0.15) is 12.3 Å². The summed E-state index contributed by atoms with van der Waals surface area (Å²) in [7, 11) is 1.32. The highest BCUT2D eigenvalue weighted by Gasteiger charge is 2.27. The van der Waals surface area contributed by atoms with E-state index in [9.17, 15) is 24.5 Å². The smallest absolute Gasteiger partial charge is 0.325 e. The fraction of sp³-hybridized carbons (Fsp3) is 0.571. The molecule has 2 rings (SSSR count). The lowest BCUT2D eigenvalue weighted by Crippen LogP contribution is -2.44. The maximum atomic E-state index is 12.7. The molecular formula is C21H28N2O7. The number of carbonyl (C=O) groups excluding carboxylic acids is 3. The Bertz CT molecular complexity index is 760. The normalized spacial score (nSPS) is 14.0. The minimum Gasteiger partial charge on any atom is -0.494 e. The van der Waals surface area contributed by atoms with E-state index in [1.54, 1.807) is 4.90 Å². The van der Waals surface area contributed by atoms with Crippen molar-refractivity contribution < 1.29 is 28.8 Å². The SMILES string of the molecule is COC(=O)CN(C(=O)CCCCOc1ccc([N+](=O)[O-])c(C=O)c1)C1CCCCC1. The van der Waals surface area contributed by atoms with Gasteiger partial charge in [-0.25, -0.2) is 0 Å². The fourth-order valence-corrected chi connectivity index (χ4v) is 3.61. The Morgan fingerprint density at radius 3 is 2.60 bits per heavy atom. The van der Waals surface area contributed by atoms with Crippen LogP contribution in [0.15, 0.2) is 18.2 Å². The lowest BCUT2D eigenvalue weighted by atomic mass is 9.94. The lowest BCUT2D eigenvalue weighted by Gasteiger charge is -2.33. The van der Waals surface area contributed by atoms with Crippen LogP contribution < -0.4 is 4.74 Å². The first-order chi connectivity index (χ1) is 14.5. The number of hydrogen-bond donors (Lipinski definition) is 0. The maximum absolute atomic E-state index is 12.7. The number of nitro groups is 1. The van der Waals surface area contributed by atoms with Gasteiger partial charge in [0.25, 0.3) is 5.69 Å². The van der Waals surface area contributed by atoms with Crippen LogP contribution in [0.5, 0.6) is 5.75 Å². The van der Waals surface area contributed by atoms with Gasteiger partial charge in [-0.15, -0.1) is 0 Å². The number of ether oxygens (including phenoxy) is 2. The van der Waals surface area contributed by atoms with Gasteiger partial charge in [-0.1, -0.05) is 19.3 Å². The minimum atomic E-state index is -0.620. The minimum absolute atomic E-state index is 0.0201. The van der Waals surface area contributed by atoms with E-state index in [1.807, 2.05) is 0 Å². The number of benzene rings is 1. The van der Waals surface area contributed by atoms with Gasteiger partial charge in [0.15, 0.2) is 6.29 Å². The maximum Gasteiger partial charge on any atom is 0.325 e. The van der Waals surface area contributed by atoms with Crippen LogP contribution >= 0.6 is 0 Å². The number of unbranched alkanes of at least 4 members (excludes halogenated alkanes) is 1. The Morgan fingerprint density at radius 2 is 1.97 bits per heavy atom. The quantitative estimate of drug-likeness (QED) is 0.177. The number of rotatable bonds is 11.